The Hall–Kier alpha value is -3.97. The fourth-order valence-electron chi connectivity index (χ4n) is 3.87. The van der Waals surface area contributed by atoms with E-state index in [1.165, 1.54) is 6.26 Å². The van der Waals surface area contributed by atoms with Gasteiger partial charge in [-0.1, -0.05) is 12.1 Å². The van der Waals surface area contributed by atoms with Crippen LogP contribution in [0.2, 0.25) is 0 Å². The van der Waals surface area contributed by atoms with Gasteiger partial charge in [0.2, 0.25) is 11.2 Å². The van der Waals surface area contributed by atoms with Gasteiger partial charge in [-0.05, 0) is 54.1 Å². The second-order valence-electron chi connectivity index (χ2n) is 7.73. The van der Waals surface area contributed by atoms with E-state index in [9.17, 15) is 4.79 Å². The summed E-state index contributed by atoms with van der Waals surface area (Å²) in [6.45, 7) is 1.75. The average molecular weight is 445 g/mol. The first-order valence-corrected chi connectivity index (χ1v) is 10.5. The van der Waals surface area contributed by atoms with E-state index in [0.717, 1.165) is 22.6 Å². The molecular weight excluding hydrogens is 422 g/mol. The summed E-state index contributed by atoms with van der Waals surface area (Å²) in [6, 6.07) is 18.5. The maximum absolute atomic E-state index is 13.1. The van der Waals surface area contributed by atoms with Gasteiger partial charge in [0.1, 0.15) is 41.6 Å². The van der Waals surface area contributed by atoms with Gasteiger partial charge in [0.25, 0.3) is 0 Å². The summed E-state index contributed by atoms with van der Waals surface area (Å²) in [5.41, 5.74) is 2.27. The summed E-state index contributed by atoms with van der Waals surface area (Å²) in [6.07, 6.45) is 1.36. The van der Waals surface area contributed by atoms with Crippen LogP contribution in [0.25, 0.3) is 11.0 Å². The molecule has 5 rings (SSSR count). The van der Waals surface area contributed by atoms with Crippen LogP contribution in [0.5, 0.6) is 28.7 Å². The third kappa shape index (κ3) is 4.23. The minimum absolute atomic E-state index is 0.124. The van der Waals surface area contributed by atoms with Crippen molar-refractivity contribution in [3.05, 3.63) is 88.3 Å². The smallest absolute Gasteiger partial charge is 0.235 e. The van der Waals surface area contributed by atoms with Crippen molar-refractivity contribution in [1.29, 1.82) is 0 Å². The van der Waals surface area contributed by atoms with Crippen molar-refractivity contribution in [2.45, 2.75) is 13.1 Å². The fourth-order valence-corrected chi connectivity index (χ4v) is 3.87. The summed E-state index contributed by atoms with van der Waals surface area (Å²) in [7, 11) is 3.24. The molecule has 1 aromatic heterocycles. The lowest BCUT2D eigenvalue weighted by molar-refractivity contribution is 0.0890. The molecule has 0 unspecified atom stereocenters. The Morgan fingerprint density at radius 3 is 2.24 bits per heavy atom. The van der Waals surface area contributed by atoms with Gasteiger partial charge in [-0.3, -0.25) is 9.69 Å². The Kier molecular flexibility index (Phi) is 5.62. The van der Waals surface area contributed by atoms with E-state index < -0.39 is 0 Å². The van der Waals surface area contributed by atoms with Crippen LogP contribution in [0.4, 0.5) is 0 Å². The van der Waals surface area contributed by atoms with Gasteiger partial charge in [0.15, 0.2) is 0 Å². The lowest BCUT2D eigenvalue weighted by atomic mass is 10.1. The molecule has 0 spiro atoms. The van der Waals surface area contributed by atoms with Crippen LogP contribution in [0.15, 0.2) is 76.1 Å². The van der Waals surface area contributed by atoms with E-state index in [-0.39, 0.29) is 11.2 Å². The molecule has 0 amide bonds. The molecule has 3 aromatic carbocycles. The molecule has 0 bridgehead atoms. The summed E-state index contributed by atoms with van der Waals surface area (Å²) in [4.78, 5) is 15.2. The van der Waals surface area contributed by atoms with Gasteiger partial charge in [0.05, 0.1) is 25.2 Å². The number of methoxy groups -OCH3 is 2. The number of rotatable bonds is 6. The number of fused-ring (bicyclic) bond motifs is 3. The van der Waals surface area contributed by atoms with E-state index in [4.69, 9.17) is 23.4 Å². The molecule has 33 heavy (non-hydrogen) atoms. The largest absolute Gasteiger partial charge is 0.497 e. The number of hydrogen-bond donors (Lipinski definition) is 0. The Morgan fingerprint density at radius 2 is 1.55 bits per heavy atom. The number of nitrogens with zero attached hydrogens (tertiary/aromatic N) is 1. The van der Waals surface area contributed by atoms with Crippen molar-refractivity contribution < 1.29 is 23.4 Å². The zero-order valence-corrected chi connectivity index (χ0v) is 18.4. The summed E-state index contributed by atoms with van der Waals surface area (Å²) in [5.74, 6) is 2.90. The minimum Gasteiger partial charge on any atom is -0.497 e. The monoisotopic (exact) mass is 445 g/mol. The first-order valence-electron chi connectivity index (χ1n) is 10.5. The molecule has 4 aromatic rings. The van der Waals surface area contributed by atoms with Crippen molar-refractivity contribution in [1.82, 2.24) is 4.90 Å². The lowest BCUT2D eigenvalue weighted by Crippen LogP contribution is -2.31. The molecular formula is C26H23NO6. The van der Waals surface area contributed by atoms with Crippen LogP contribution in [0.1, 0.15) is 11.1 Å². The Morgan fingerprint density at radius 1 is 0.879 bits per heavy atom. The van der Waals surface area contributed by atoms with E-state index in [1.54, 1.807) is 44.6 Å². The molecule has 7 nitrogen and oxygen atoms in total. The first-order chi connectivity index (χ1) is 16.1. The van der Waals surface area contributed by atoms with Gasteiger partial charge < -0.3 is 23.4 Å². The molecule has 168 valence electrons. The normalized spacial score (nSPS) is 13.3. The maximum Gasteiger partial charge on any atom is 0.235 e. The number of benzene rings is 3. The van der Waals surface area contributed by atoms with Crippen LogP contribution < -0.4 is 24.4 Å². The highest BCUT2D eigenvalue weighted by Crippen LogP contribution is 2.33. The van der Waals surface area contributed by atoms with E-state index in [1.807, 2.05) is 30.3 Å². The molecule has 1 aliphatic heterocycles. The highest BCUT2D eigenvalue weighted by molar-refractivity contribution is 5.83. The van der Waals surface area contributed by atoms with Crippen molar-refractivity contribution in [2.75, 3.05) is 21.0 Å². The summed E-state index contributed by atoms with van der Waals surface area (Å²) < 4.78 is 28.0. The van der Waals surface area contributed by atoms with Crippen molar-refractivity contribution in [3.8, 4) is 28.7 Å². The summed E-state index contributed by atoms with van der Waals surface area (Å²) in [5, 5.41) is 0.453. The quantitative estimate of drug-likeness (QED) is 0.416. The van der Waals surface area contributed by atoms with Crippen LogP contribution >= 0.6 is 0 Å². The van der Waals surface area contributed by atoms with Crippen LogP contribution in [0.3, 0.4) is 0 Å². The SMILES string of the molecule is COc1ccc(CN2COc3ccc4c(=O)c(Oc5ccc(OC)cc5)coc4c3C2)cc1. The van der Waals surface area contributed by atoms with Crippen LogP contribution in [-0.4, -0.2) is 25.9 Å². The summed E-state index contributed by atoms with van der Waals surface area (Å²) >= 11 is 0. The van der Waals surface area contributed by atoms with Crippen LogP contribution in [-0.2, 0) is 13.1 Å². The van der Waals surface area contributed by atoms with Gasteiger partial charge in [0, 0.05) is 13.1 Å². The van der Waals surface area contributed by atoms with Crippen molar-refractivity contribution in [2.24, 2.45) is 0 Å². The fraction of sp³-hybridized carbons (Fsp3) is 0.192. The predicted octanol–water partition coefficient (Wildman–Crippen LogP) is 4.95. The lowest BCUT2D eigenvalue weighted by Gasteiger charge is -2.29. The Balaban J connectivity index is 1.40. The highest BCUT2D eigenvalue weighted by Gasteiger charge is 2.23. The van der Waals surface area contributed by atoms with Gasteiger partial charge >= 0.3 is 0 Å². The third-order valence-corrected chi connectivity index (χ3v) is 5.61. The standard InChI is InChI=1S/C26H23NO6/c1-29-18-5-3-17(4-6-18)13-27-14-22-23(32-16-27)12-11-21-25(28)24(15-31-26(21)22)33-20-9-7-19(30-2)8-10-20/h3-12,15H,13-14,16H2,1-2H3. The van der Waals surface area contributed by atoms with Gasteiger partial charge in [-0.25, -0.2) is 0 Å². The van der Waals surface area contributed by atoms with E-state index in [2.05, 4.69) is 4.90 Å². The highest BCUT2D eigenvalue weighted by atomic mass is 16.5. The predicted molar refractivity (Wildman–Crippen MR) is 123 cm³/mol. The number of ether oxygens (including phenoxy) is 4. The third-order valence-electron chi connectivity index (χ3n) is 5.61. The molecule has 7 heteroatoms. The molecule has 1 aliphatic rings. The molecule has 2 heterocycles. The number of hydrogen-bond acceptors (Lipinski definition) is 7. The van der Waals surface area contributed by atoms with Crippen molar-refractivity contribution in [3.63, 3.8) is 0 Å². The molecule has 0 saturated heterocycles. The van der Waals surface area contributed by atoms with Crippen molar-refractivity contribution >= 4 is 11.0 Å². The second-order valence-corrected chi connectivity index (χ2v) is 7.73. The Labute approximate surface area is 190 Å². The van der Waals surface area contributed by atoms with Gasteiger partial charge in [-0.2, -0.15) is 0 Å². The first kappa shape index (κ1) is 20.9. The molecule has 0 N–H and O–H groups in total. The zero-order chi connectivity index (χ0) is 22.8. The maximum atomic E-state index is 13.1. The van der Waals surface area contributed by atoms with Gasteiger partial charge in [-0.15, -0.1) is 0 Å². The zero-order valence-electron chi connectivity index (χ0n) is 18.4. The second kappa shape index (κ2) is 8.88. The topological polar surface area (TPSA) is 70.4 Å². The molecule has 0 fully saturated rings. The molecule has 0 radical (unpaired) electrons. The molecule has 0 saturated carbocycles. The average Bonchev–Trinajstić information content (AvgIpc) is 2.86. The van der Waals surface area contributed by atoms with E-state index in [0.29, 0.717) is 42.3 Å². The van der Waals surface area contributed by atoms with E-state index >= 15 is 0 Å². The molecule has 0 aliphatic carbocycles. The molecule has 0 atom stereocenters. The minimum atomic E-state index is -0.234. The van der Waals surface area contributed by atoms with Crippen LogP contribution in [0, 0.1) is 0 Å². The Bertz CT molecular complexity index is 1330.